The molecule has 0 aliphatic rings. The fraction of sp³-hybridized carbons (Fsp3) is 0.583. The quantitative estimate of drug-likeness (QED) is 0.358. The van der Waals surface area contributed by atoms with E-state index in [4.69, 9.17) is 9.47 Å². The van der Waals surface area contributed by atoms with Crippen LogP contribution in [0.5, 0.6) is 0 Å². The minimum Gasteiger partial charge on any atom is -0.459 e. The average Bonchev–Trinajstić information content (AvgIpc) is 2.68. The van der Waals surface area contributed by atoms with E-state index in [-0.39, 0.29) is 24.1 Å². The highest BCUT2D eigenvalue weighted by molar-refractivity contribution is 5.97. The van der Waals surface area contributed by atoms with Crippen LogP contribution in [-0.4, -0.2) is 24.1 Å². The number of benzene rings is 1. The molecule has 28 heavy (non-hydrogen) atoms. The van der Waals surface area contributed by atoms with Crippen molar-refractivity contribution in [1.82, 2.24) is 0 Å². The molecule has 0 fully saturated rings. The van der Waals surface area contributed by atoms with E-state index in [2.05, 4.69) is 34.3 Å². The van der Waals surface area contributed by atoms with Crippen molar-refractivity contribution in [3.8, 4) is 0 Å². The molecule has 0 unspecified atom stereocenters. The van der Waals surface area contributed by atoms with Gasteiger partial charge in [0.05, 0.1) is 11.1 Å². The van der Waals surface area contributed by atoms with Gasteiger partial charge in [-0.2, -0.15) is 0 Å². The average molecular weight is 389 g/mol. The Labute approximate surface area is 170 Å². The van der Waals surface area contributed by atoms with Crippen LogP contribution in [0, 0.1) is 0 Å². The molecule has 156 valence electrons. The van der Waals surface area contributed by atoms with E-state index < -0.39 is 0 Å². The largest absolute Gasteiger partial charge is 0.459 e. The smallest absolute Gasteiger partial charge is 0.339 e. The van der Waals surface area contributed by atoms with Gasteiger partial charge in [0.15, 0.2) is 0 Å². The molecule has 0 aliphatic carbocycles. The van der Waals surface area contributed by atoms with Gasteiger partial charge in [-0.1, -0.05) is 66.0 Å². The van der Waals surface area contributed by atoms with Crippen LogP contribution in [0.25, 0.3) is 6.08 Å². The third kappa shape index (κ3) is 7.49. The van der Waals surface area contributed by atoms with Gasteiger partial charge >= 0.3 is 11.9 Å². The number of esters is 2. The number of hydrogen-bond donors (Lipinski definition) is 0. The molecule has 0 saturated heterocycles. The van der Waals surface area contributed by atoms with Gasteiger partial charge in [-0.15, -0.1) is 0 Å². The Morgan fingerprint density at radius 1 is 0.857 bits per heavy atom. The zero-order chi connectivity index (χ0) is 20.9. The molecule has 0 N–H and O–H groups in total. The zero-order valence-electron chi connectivity index (χ0n) is 18.0. The summed E-state index contributed by atoms with van der Waals surface area (Å²) in [7, 11) is 0. The van der Waals surface area contributed by atoms with Crippen LogP contribution in [-0.2, 0) is 9.47 Å². The van der Waals surface area contributed by atoms with Crippen LogP contribution in [0.4, 0.5) is 0 Å². The first-order chi connectivity index (χ1) is 13.5. The first-order valence-corrected chi connectivity index (χ1v) is 10.7. The van der Waals surface area contributed by atoms with Crippen LogP contribution < -0.4 is 0 Å². The van der Waals surface area contributed by atoms with Gasteiger partial charge in [-0.05, 0) is 49.4 Å². The molecule has 0 saturated carbocycles. The molecule has 4 heteroatoms. The minimum absolute atomic E-state index is 0.0665. The van der Waals surface area contributed by atoms with Gasteiger partial charge < -0.3 is 9.47 Å². The molecule has 0 bridgehead atoms. The highest BCUT2D eigenvalue weighted by Crippen LogP contribution is 2.20. The lowest BCUT2D eigenvalue weighted by atomic mass is 10.0. The van der Waals surface area contributed by atoms with Gasteiger partial charge in [0, 0.05) is 0 Å². The summed E-state index contributed by atoms with van der Waals surface area (Å²) >= 11 is 0. The summed E-state index contributed by atoms with van der Waals surface area (Å²) in [6.45, 7) is 12.1. The van der Waals surface area contributed by atoms with E-state index in [1.165, 1.54) is 0 Å². The van der Waals surface area contributed by atoms with Gasteiger partial charge in [0.1, 0.15) is 12.2 Å². The third-order valence-corrected chi connectivity index (χ3v) is 4.72. The van der Waals surface area contributed by atoms with E-state index in [0.717, 1.165) is 51.4 Å². The van der Waals surface area contributed by atoms with Crippen molar-refractivity contribution in [1.29, 1.82) is 0 Å². The van der Waals surface area contributed by atoms with Crippen LogP contribution in [0.3, 0.4) is 0 Å². The molecule has 4 nitrogen and oxygen atoms in total. The summed E-state index contributed by atoms with van der Waals surface area (Å²) < 4.78 is 11.3. The van der Waals surface area contributed by atoms with E-state index in [1.807, 2.05) is 0 Å². The Morgan fingerprint density at radius 3 is 1.75 bits per heavy atom. The number of hydrogen-bond acceptors (Lipinski definition) is 4. The predicted molar refractivity (Wildman–Crippen MR) is 115 cm³/mol. The Bertz CT molecular complexity index is 623. The maximum Gasteiger partial charge on any atom is 0.339 e. The lowest BCUT2D eigenvalue weighted by molar-refractivity contribution is 0.0243. The maximum absolute atomic E-state index is 12.6. The molecule has 0 heterocycles. The summed E-state index contributed by atoms with van der Waals surface area (Å²) in [4.78, 5) is 25.2. The summed E-state index contributed by atoms with van der Waals surface area (Å²) in [6, 6.07) is 4.94. The molecule has 1 aromatic rings. The summed E-state index contributed by atoms with van der Waals surface area (Å²) in [6.07, 6.45) is 8.72. The Morgan fingerprint density at radius 2 is 1.32 bits per heavy atom. The van der Waals surface area contributed by atoms with E-state index in [1.54, 1.807) is 24.3 Å². The van der Waals surface area contributed by atoms with Crippen molar-refractivity contribution < 1.29 is 19.1 Å². The van der Waals surface area contributed by atoms with Gasteiger partial charge in [0.25, 0.3) is 0 Å². The second-order valence-electron chi connectivity index (χ2n) is 7.22. The van der Waals surface area contributed by atoms with E-state index >= 15 is 0 Å². The number of rotatable bonds is 13. The van der Waals surface area contributed by atoms with Gasteiger partial charge in [-0.25, -0.2) is 9.59 Å². The van der Waals surface area contributed by atoms with Crippen LogP contribution >= 0.6 is 0 Å². The first kappa shape index (κ1) is 23.9. The predicted octanol–water partition coefficient (Wildman–Crippen LogP) is 6.58. The molecule has 0 amide bonds. The second-order valence-corrected chi connectivity index (χ2v) is 7.22. The monoisotopic (exact) mass is 388 g/mol. The van der Waals surface area contributed by atoms with Crippen molar-refractivity contribution >= 4 is 18.0 Å². The number of ether oxygens (including phenoxy) is 2. The lowest BCUT2D eigenvalue weighted by Crippen LogP contribution is -2.20. The minimum atomic E-state index is -0.364. The standard InChI is InChI=1S/C24H36O4/c1-6-11-20(12-7-2)27-23(25)19-15-16-22(18(10-5)17-19)24(26)28-21(13-8-3)14-9-4/h10,15-17,20-21H,5-9,11-14H2,1-4H3. The second kappa shape index (κ2) is 13.1. The summed E-state index contributed by atoms with van der Waals surface area (Å²) in [5, 5.41) is 0. The molecule has 1 aromatic carbocycles. The Hall–Kier alpha value is -2.10. The number of carbonyl (C=O) groups is 2. The fourth-order valence-electron chi connectivity index (χ4n) is 3.29. The molecule has 0 aliphatic heterocycles. The van der Waals surface area contributed by atoms with Crippen LogP contribution in [0.1, 0.15) is 105 Å². The first-order valence-electron chi connectivity index (χ1n) is 10.7. The lowest BCUT2D eigenvalue weighted by Gasteiger charge is -2.18. The van der Waals surface area contributed by atoms with Gasteiger partial charge in [0.2, 0.25) is 0 Å². The summed E-state index contributed by atoms with van der Waals surface area (Å²) in [5.74, 6) is -0.721. The molecule has 0 spiro atoms. The molecular weight excluding hydrogens is 352 g/mol. The highest BCUT2D eigenvalue weighted by Gasteiger charge is 2.20. The molecule has 0 aromatic heterocycles. The number of carbonyl (C=O) groups excluding carboxylic acids is 2. The van der Waals surface area contributed by atoms with Crippen molar-refractivity contribution in [3.05, 3.63) is 41.5 Å². The van der Waals surface area contributed by atoms with Crippen molar-refractivity contribution in [3.63, 3.8) is 0 Å². The molecular formula is C24H36O4. The summed E-state index contributed by atoms with van der Waals surface area (Å²) in [5.41, 5.74) is 1.46. The van der Waals surface area contributed by atoms with Crippen LogP contribution in [0.15, 0.2) is 24.8 Å². The van der Waals surface area contributed by atoms with E-state index in [0.29, 0.717) is 16.7 Å². The topological polar surface area (TPSA) is 52.6 Å². The highest BCUT2D eigenvalue weighted by atomic mass is 16.5. The van der Waals surface area contributed by atoms with E-state index in [9.17, 15) is 9.59 Å². The SMILES string of the molecule is C=Cc1cc(C(=O)OC(CCC)CCC)ccc1C(=O)OC(CCC)CCC. The Balaban J connectivity index is 2.94. The fourth-order valence-corrected chi connectivity index (χ4v) is 3.29. The van der Waals surface area contributed by atoms with Crippen molar-refractivity contribution in [2.45, 2.75) is 91.3 Å². The van der Waals surface area contributed by atoms with Crippen LogP contribution in [0.2, 0.25) is 0 Å². The molecule has 0 radical (unpaired) electrons. The normalized spacial score (nSPS) is 10.9. The molecule has 0 atom stereocenters. The van der Waals surface area contributed by atoms with Crippen molar-refractivity contribution in [2.75, 3.05) is 0 Å². The Kier molecular flexibility index (Phi) is 11.2. The van der Waals surface area contributed by atoms with Crippen molar-refractivity contribution in [2.24, 2.45) is 0 Å². The van der Waals surface area contributed by atoms with Gasteiger partial charge in [-0.3, -0.25) is 0 Å². The maximum atomic E-state index is 12.6. The molecule has 1 rings (SSSR count). The third-order valence-electron chi connectivity index (χ3n) is 4.72. The zero-order valence-corrected chi connectivity index (χ0v) is 18.0.